The molecule has 0 aromatic heterocycles. The normalized spacial score (nSPS) is 10.7. The van der Waals surface area contributed by atoms with Gasteiger partial charge in [0, 0.05) is 24.6 Å². The Morgan fingerprint density at radius 1 is 0.895 bits per heavy atom. The van der Waals surface area contributed by atoms with Gasteiger partial charge in [0.2, 0.25) is 0 Å². The summed E-state index contributed by atoms with van der Waals surface area (Å²) in [6.07, 6.45) is 2.45. The second-order valence-corrected chi connectivity index (χ2v) is 3.26. The predicted molar refractivity (Wildman–Crippen MR) is 67.0 cm³/mol. The van der Waals surface area contributed by atoms with Crippen molar-refractivity contribution in [3.8, 4) is 0 Å². The molecule has 19 heavy (non-hydrogen) atoms. The van der Waals surface area contributed by atoms with Crippen LogP contribution in [-0.2, 0) is 28.6 Å². The quantitative estimate of drug-likeness (QED) is 0.351. The maximum Gasteiger partial charge on any atom is 0.330 e. The highest BCUT2D eigenvalue weighted by Gasteiger charge is 2.15. The molecule has 0 spiro atoms. The van der Waals surface area contributed by atoms with E-state index in [1.807, 2.05) is 0 Å². The first kappa shape index (κ1) is 16.6. The van der Waals surface area contributed by atoms with Crippen LogP contribution in [0.5, 0.6) is 0 Å². The van der Waals surface area contributed by atoms with Gasteiger partial charge in [0.1, 0.15) is 12.7 Å². The van der Waals surface area contributed by atoms with Crippen LogP contribution in [-0.4, -0.2) is 37.2 Å². The molecule has 0 aliphatic carbocycles. The Morgan fingerprint density at radius 3 is 1.95 bits per heavy atom. The highest BCUT2D eigenvalue weighted by molar-refractivity contribution is 5.82. The van der Waals surface area contributed by atoms with Gasteiger partial charge in [-0.1, -0.05) is 19.7 Å². The average Bonchev–Trinajstić information content (AvgIpc) is 2.43. The molecule has 0 aliphatic rings. The molecule has 0 radical (unpaired) electrons. The third-order valence-electron chi connectivity index (χ3n) is 1.88. The lowest BCUT2D eigenvalue weighted by Crippen LogP contribution is -2.26. The summed E-state index contributed by atoms with van der Waals surface area (Å²) in [5.41, 5.74) is 0. The SMILES string of the molecule is C=CC(=O)OCCC(COC(=O)C=C)OC(=O)C=C. The first-order chi connectivity index (χ1) is 9.03. The molecule has 0 bridgehead atoms. The molecule has 6 heteroatoms. The molecule has 0 fully saturated rings. The maximum absolute atomic E-state index is 11.1. The molecular formula is C13H16O6. The molecule has 0 saturated carbocycles. The molecule has 0 aromatic rings. The molecule has 1 atom stereocenters. The Labute approximate surface area is 111 Å². The van der Waals surface area contributed by atoms with Crippen LogP contribution in [0.4, 0.5) is 0 Å². The van der Waals surface area contributed by atoms with Crippen LogP contribution < -0.4 is 0 Å². The van der Waals surface area contributed by atoms with E-state index < -0.39 is 24.0 Å². The van der Waals surface area contributed by atoms with Crippen LogP contribution in [0, 0.1) is 0 Å². The summed E-state index contributed by atoms with van der Waals surface area (Å²) >= 11 is 0. The van der Waals surface area contributed by atoms with E-state index in [0.29, 0.717) is 0 Å². The highest BCUT2D eigenvalue weighted by atomic mass is 16.6. The summed E-state index contributed by atoms with van der Waals surface area (Å²) in [4.78, 5) is 32.8. The van der Waals surface area contributed by atoms with Gasteiger partial charge in [-0.2, -0.15) is 0 Å². The fourth-order valence-corrected chi connectivity index (χ4v) is 0.973. The van der Waals surface area contributed by atoms with Gasteiger partial charge < -0.3 is 14.2 Å². The maximum atomic E-state index is 11.1. The number of hydrogen-bond donors (Lipinski definition) is 0. The van der Waals surface area contributed by atoms with Crippen LogP contribution in [0.3, 0.4) is 0 Å². The fraction of sp³-hybridized carbons (Fsp3) is 0.308. The van der Waals surface area contributed by atoms with Crippen molar-refractivity contribution in [2.24, 2.45) is 0 Å². The summed E-state index contributed by atoms with van der Waals surface area (Å²) in [5, 5.41) is 0. The van der Waals surface area contributed by atoms with Gasteiger partial charge in [0.05, 0.1) is 6.61 Å². The molecule has 0 amide bonds. The zero-order valence-corrected chi connectivity index (χ0v) is 10.5. The third-order valence-corrected chi connectivity index (χ3v) is 1.88. The molecule has 0 saturated heterocycles. The Morgan fingerprint density at radius 2 is 1.42 bits per heavy atom. The molecule has 6 nitrogen and oxygen atoms in total. The molecule has 0 rings (SSSR count). The lowest BCUT2D eigenvalue weighted by atomic mass is 10.3. The average molecular weight is 268 g/mol. The van der Waals surface area contributed by atoms with Gasteiger partial charge in [-0.25, -0.2) is 14.4 Å². The lowest BCUT2D eigenvalue weighted by Gasteiger charge is -2.16. The first-order valence-corrected chi connectivity index (χ1v) is 5.45. The second-order valence-electron chi connectivity index (χ2n) is 3.26. The van der Waals surface area contributed by atoms with Crippen molar-refractivity contribution < 1.29 is 28.6 Å². The smallest absolute Gasteiger partial charge is 0.330 e. The van der Waals surface area contributed by atoms with Crippen LogP contribution in [0.2, 0.25) is 0 Å². The molecule has 1 unspecified atom stereocenters. The van der Waals surface area contributed by atoms with Crippen molar-refractivity contribution in [2.45, 2.75) is 12.5 Å². The van der Waals surface area contributed by atoms with E-state index in [4.69, 9.17) is 14.2 Å². The Bertz CT molecular complexity index is 371. The van der Waals surface area contributed by atoms with Gasteiger partial charge in [-0.05, 0) is 0 Å². The number of carbonyl (C=O) groups excluding carboxylic acids is 3. The number of rotatable bonds is 9. The van der Waals surface area contributed by atoms with Gasteiger partial charge in [-0.3, -0.25) is 0 Å². The van der Waals surface area contributed by atoms with E-state index in [-0.39, 0.29) is 19.6 Å². The summed E-state index contributed by atoms with van der Waals surface area (Å²) in [5.74, 6) is -1.88. The molecule has 0 heterocycles. The lowest BCUT2D eigenvalue weighted by molar-refractivity contribution is -0.154. The molecular weight excluding hydrogens is 252 g/mol. The minimum Gasteiger partial charge on any atom is -0.462 e. The van der Waals surface area contributed by atoms with Crippen molar-refractivity contribution in [2.75, 3.05) is 13.2 Å². The Balaban J connectivity index is 4.23. The number of ether oxygens (including phenoxy) is 3. The standard InChI is InChI=1S/C13H16O6/c1-4-11(14)17-8-7-10(19-13(16)6-3)9-18-12(15)5-2/h4-6,10H,1-3,7-9H2. The van der Waals surface area contributed by atoms with Crippen molar-refractivity contribution in [3.05, 3.63) is 38.0 Å². The van der Waals surface area contributed by atoms with Crippen molar-refractivity contribution in [1.29, 1.82) is 0 Å². The van der Waals surface area contributed by atoms with Gasteiger partial charge >= 0.3 is 17.9 Å². The minimum absolute atomic E-state index is 0.00554. The van der Waals surface area contributed by atoms with E-state index in [0.717, 1.165) is 18.2 Å². The van der Waals surface area contributed by atoms with E-state index in [1.165, 1.54) is 0 Å². The molecule has 0 N–H and O–H groups in total. The fourth-order valence-electron chi connectivity index (χ4n) is 0.973. The van der Waals surface area contributed by atoms with Crippen LogP contribution in [0.15, 0.2) is 38.0 Å². The van der Waals surface area contributed by atoms with E-state index in [9.17, 15) is 14.4 Å². The van der Waals surface area contributed by atoms with Crippen LogP contribution in [0.1, 0.15) is 6.42 Å². The Kier molecular flexibility index (Phi) is 8.44. The molecule has 104 valence electrons. The van der Waals surface area contributed by atoms with Crippen molar-refractivity contribution >= 4 is 17.9 Å². The van der Waals surface area contributed by atoms with Gasteiger partial charge in [-0.15, -0.1) is 0 Å². The number of hydrogen-bond acceptors (Lipinski definition) is 6. The summed E-state index contributed by atoms with van der Waals surface area (Å²) < 4.78 is 14.4. The second kappa shape index (κ2) is 9.64. The molecule has 0 aliphatic heterocycles. The number of carbonyl (C=O) groups is 3. The Hall–Kier alpha value is -2.37. The van der Waals surface area contributed by atoms with E-state index >= 15 is 0 Å². The summed E-state index contributed by atoms with van der Waals surface area (Å²) in [6.45, 7) is 9.57. The number of esters is 3. The van der Waals surface area contributed by atoms with E-state index in [1.54, 1.807) is 0 Å². The zero-order valence-electron chi connectivity index (χ0n) is 10.5. The monoisotopic (exact) mass is 268 g/mol. The zero-order chi connectivity index (χ0) is 14.7. The van der Waals surface area contributed by atoms with Crippen molar-refractivity contribution in [3.63, 3.8) is 0 Å². The molecule has 0 aromatic carbocycles. The minimum atomic E-state index is -0.730. The topological polar surface area (TPSA) is 78.9 Å². The summed E-state index contributed by atoms with van der Waals surface area (Å²) in [6, 6.07) is 0. The predicted octanol–water partition coefficient (Wildman–Crippen LogP) is 0.933. The third kappa shape index (κ3) is 8.37. The van der Waals surface area contributed by atoms with Crippen molar-refractivity contribution in [1.82, 2.24) is 0 Å². The van der Waals surface area contributed by atoms with Gasteiger partial charge in [0.15, 0.2) is 0 Å². The van der Waals surface area contributed by atoms with Crippen LogP contribution >= 0.6 is 0 Å². The highest BCUT2D eigenvalue weighted by Crippen LogP contribution is 2.02. The van der Waals surface area contributed by atoms with Gasteiger partial charge in [0.25, 0.3) is 0 Å². The largest absolute Gasteiger partial charge is 0.462 e. The van der Waals surface area contributed by atoms with Crippen LogP contribution in [0.25, 0.3) is 0 Å². The van der Waals surface area contributed by atoms with E-state index in [2.05, 4.69) is 19.7 Å². The summed E-state index contributed by atoms with van der Waals surface area (Å²) in [7, 11) is 0. The first-order valence-electron chi connectivity index (χ1n) is 5.45.